The van der Waals surface area contributed by atoms with Crippen LogP contribution < -0.4 is 4.90 Å². The Morgan fingerprint density at radius 1 is 1.30 bits per heavy atom. The number of fused-ring (bicyclic) bond motifs is 1. The summed E-state index contributed by atoms with van der Waals surface area (Å²) in [4.78, 5) is 13.7. The van der Waals surface area contributed by atoms with Crippen molar-refractivity contribution in [2.24, 2.45) is 0 Å². The Kier molecular flexibility index (Phi) is 4.61. The van der Waals surface area contributed by atoms with Crippen LogP contribution in [0.5, 0.6) is 0 Å². The number of carbonyl (C=O) groups is 1. The number of benzene rings is 1. The lowest BCUT2D eigenvalue weighted by molar-refractivity contribution is -0.137. The van der Waals surface area contributed by atoms with Gasteiger partial charge in [0.25, 0.3) is 0 Å². The predicted molar refractivity (Wildman–Crippen MR) is 79.6 cm³/mol. The van der Waals surface area contributed by atoms with Gasteiger partial charge in [0.2, 0.25) is 0 Å². The van der Waals surface area contributed by atoms with Crippen LogP contribution >= 0.6 is 0 Å². The lowest BCUT2D eigenvalue weighted by Crippen LogP contribution is -2.36. The molecule has 0 saturated carbocycles. The number of amides is 1. The van der Waals surface area contributed by atoms with Gasteiger partial charge in [0.15, 0.2) is 0 Å². The summed E-state index contributed by atoms with van der Waals surface area (Å²) >= 11 is 0. The molecule has 1 aliphatic heterocycles. The Hall–Kier alpha value is -1.76. The highest BCUT2D eigenvalue weighted by atomic mass is 19.4. The summed E-state index contributed by atoms with van der Waals surface area (Å²) in [6, 6.07) is 3.38. The van der Waals surface area contributed by atoms with Gasteiger partial charge in [-0.05, 0) is 44.5 Å². The van der Waals surface area contributed by atoms with E-state index in [-0.39, 0.29) is 19.1 Å². The van der Waals surface area contributed by atoms with Crippen molar-refractivity contribution in [2.45, 2.75) is 38.5 Å². The molecule has 0 unspecified atom stereocenters. The molecule has 0 aromatic heterocycles. The number of halogens is 3. The van der Waals surface area contributed by atoms with Crippen LogP contribution in [0.3, 0.4) is 0 Å². The largest absolute Gasteiger partial charge is 0.443 e. The predicted octanol–water partition coefficient (Wildman–Crippen LogP) is 4.19. The lowest BCUT2D eigenvalue weighted by atomic mass is 10.00. The third-order valence-corrected chi connectivity index (χ3v) is 3.47. The summed E-state index contributed by atoms with van der Waals surface area (Å²) in [6.45, 7) is 5.68. The number of ether oxygens (including phenoxy) is 2. The molecule has 2 rings (SSSR count). The van der Waals surface area contributed by atoms with E-state index in [1.807, 2.05) is 0 Å². The Bertz CT molecular complexity index is 593. The number of hydrogen-bond donors (Lipinski definition) is 0. The number of nitrogens with zero attached hydrogens (tertiary/aromatic N) is 1. The van der Waals surface area contributed by atoms with Gasteiger partial charge in [0, 0.05) is 19.6 Å². The fourth-order valence-corrected chi connectivity index (χ4v) is 2.55. The van der Waals surface area contributed by atoms with Crippen molar-refractivity contribution in [2.75, 3.05) is 25.2 Å². The van der Waals surface area contributed by atoms with Gasteiger partial charge in [-0.3, -0.25) is 4.90 Å². The standard InChI is InChI=1S/C16H20F3NO3/c1-15(2,3)23-14(21)20-8-10(9-22-4)12-7-11(16(17,18)19)5-6-13(12)20/h5-7,10H,8-9H2,1-4H3/t10-/m1/s1. The first kappa shape index (κ1) is 17.6. The first-order chi connectivity index (χ1) is 10.5. The number of carbonyl (C=O) groups excluding carboxylic acids is 1. The smallest absolute Gasteiger partial charge is 0.416 e. The van der Waals surface area contributed by atoms with Crippen molar-refractivity contribution in [3.63, 3.8) is 0 Å². The highest BCUT2D eigenvalue weighted by Gasteiger charge is 2.38. The van der Waals surface area contributed by atoms with Crippen molar-refractivity contribution < 1.29 is 27.4 Å². The van der Waals surface area contributed by atoms with Crippen molar-refractivity contribution in [3.8, 4) is 0 Å². The molecule has 1 aliphatic rings. The highest BCUT2D eigenvalue weighted by Crippen LogP contribution is 2.41. The molecule has 128 valence electrons. The lowest BCUT2D eigenvalue weighted by Gasteiger charge is -2.25. The van der Waals surface area contributed by atoms with Crippen LogP contribution in [0.25, 0.3) is 0 Å². The maximum absolute atomic E-state index is 12.9. The molecule has 1 aromatic carbocycles. The van der Waals surface area contributed by atoms with Crippen LogP contribution in [0.2, 0.25) is 0 Å². The van der Waals surface area contributed by atoms with Crippen molar-refractivity contribution >= 4 is 11.8 Å². The van der Waals surface area contributed by atoms with Gasteiger partial charge in [-0.15, -0.1) is 0 Å². The topological polar surface area (TPSA) is 38.8 Å². The van der Waals surface area contributed by atoms with E-state index in [4.69, 9.17) is 9.47 Å². The molecule has 0 spiro atoms. The van der Waals surface area contributed by atoms with E-state index in [1.54, 1.807) is 20.8 Å². The van der Waals surface area contributed by atoms with Crippen molar-refractivity contribution in [1.82, 2.24) is 0 Å². The summed E-state index contributed by atoms with van der Waals surface area (Å²) in [6.07, 6.45) is -5.00. The van der Waals surface area contributed by atoms with E-state index in [2.05, 4.69) is 0 Å². The highest BCUT2D eigenvalue weighted by molar-refractivity contribution is 5.91. The van der Waals surface area contributed by atoms with E-state index in [0.29, 0.717) is 11.3 Å². The van der Waals surface area contributed by atoms with Gasteiger partial charge >= 0.3 is 12.3 Å². The number of anilines is 1. The van der Waals surface area contributed by atoms with Crippen LogP contribution in [0.4, 0.5) is 23.7 Å². The zero-order chi connectivity index (χ0) is 17.4. The molecular weight excluding hydrogens is 311 g/mol. The Labute approximate surface area is 133 Å². The molecule has 23 heavy (non-hydrogen) atoms. The van der Waals surface area contributed by atoms with Crippen LogP contribution in [-0.4, -0.2) is 32.0 Å². The molecule has 7 heteroatoms. The molecule has 0 N–H and O–H groups in total. The minimum atomic E-state index is -4.42. The normalized spacial score (nSPS) is 18.0. The van der Waals surface area contributed by atoms with E-state index >= 15 is 0 Å². The monoisotopic (exact) mass is 331 g/mol. The van der Waals surface area contributed by atoms with Crippen LogP contribution in [0.1, 0.15) is 37.8 Å². The Balaban J connectivity index is 2.37. The van der Waals surface area contributed by atoms with Crippen LogP contribution in [0.15, 0.2) is 18.2 Å². The van der Waals surface area contributed by atoms with Gasteiger partial charge in [0.05, 0.1) is 17.9 Å². The molecular formula is C16H20F3NO3. The molecule has 4 nitrogen and oxygen atoms in total. The second-order valence-corrected chi connectivity index (χ2v) is 6.51. The van der Waals surface area contributed by atoms with Gasteiger partial charge in [-0.2, -0.15) is 13.2 Å². The fraction of sp³-hybridized carbons (Fsp3) is 0.562. The third kappa shape index (κ3) is 3.96. The molecule has 0 radical (unpaired) electrons. The van der Waals surface area contributed by atoms with E-state index in [9.17, 15) is 18.0 Å². The molecule has 0 saturated heterocycles. The maximum atomic E-state index is 12.9. The van der Waals surface area contributed by atoms with E-state index < -0.39 is 23.4 Å². The second kappa shape index (κ2) is 6.03. The summed E-state index contributed by atoms with van der Waals surface area (Å²) in [7, 11) is 1.48. The van der Waals surface area contributed by atoms with E-state index in [0.717, 1.165) is 12.1 Å². The number of rotatable bonds is 2. The molecule has 0 aliphatic carbocycles. The zero-order valence-corrected chi connectivity index (χ0v) is 13.5. The van der Waals surface area contributed by atoms with Gasteiger partial charge in [0.1, 0.15) is 5.60 Å². The van der Waals surface area contributed by atoms with Crippen molar-refractivity contribution in [1.29, 1.82) is 0 Å². The molecule has 1 atom stereocenters. The molecule has 1 aromatic rings. The average Bonchev–Trinajstić information content (AvgIpc) is 2.75. The van der Waals surface area contributed by atoms with E-state index in [1.165, 1.54) is 18.1 Å². The number of alkyl halides is 3. The minimum absolute atomic E-state index is 0.230. The molecule has 0 fully saturated rings. The average molecular weight is 331 g/mol. The summed E-state index contributed by atoms with van der Waals surface area (Å²) < 4.78 is 49.1. The third-order valence-electron chi connectivity index (χ3n) is 3.47. The molecule has 1 amide bonds. The first-order valence-corrected chi connectivity index (χ1v) is 7.23. The van der Waals surface area contributed by atoms with Crippen LogP contribution in [-0.2, 0) is 15.7 Å². The van der Waals surface area contributed by atoms with Crippen LogP contribution in [0, 0.1) is 0 Å². The van der Waals surface area contributed by atoms with Gasteiger partial charge in [-0.1, -0.05) is 0 Å². The van der Waals surface area contributed by atoms with Gasteiger partial charge < -0.3 is 9.47 Å². The maximum Gasteiger partial charge on any atom is 0.416 e. The summed E-state index contributed by atoms with van der Waals surface area (Å²) in [5.41, 5.74) is -0.520. The summed E-state index contributed by atoms with van der Waals surface area (Å²) in [5, 5.41) is 0. The quantitative estimate of drug-likeness (QED) is 0.816. The summed E-state index contributed by atoms with van der Waals surface area (Å²) in [5.74, 6) is -0.315. The first-order valence-electron chi connectivity index (χ1n) is 7.23. The number of hydrogen-bond acceptors (Lipinski definition) is 3. The Morgan fingerprint density at radius 2 is 1.96 bits per heavy atom. The fourth-order valence-electron chi connectivity index (χ4n) is 2.55. The minimum Gasteiger partial charge on any atom is -0.443 e. The second-order valence-electron chi connectivity index (χ2n) is 6.51. The molecule has 0 bridgehead atoms. The zero-order valence-electron chi connectivity index (χ0n) is 13.5. The number of methoxy groups -OCH3 is 1. The van der Waals surface area contributed by atoms with Crippen molar-refractivity contribution in [3.05, 3.63) is 29.3 Å². The Morgan fingerprint density at radius 3 is 2.48 bits per heavy atom. The molecule has 1 heterocycles. The van der Waals surface area contributed by atoms with Gasteiger partial charge in [-0.25, -0.2) is 4.79 Å². The SMILES string of the molecule is COC[C@H]1CN(C(=O)OC(C)(C)C)c2ccc(C(F)(F)F)cc21.